The van der Waals surface area contributed by atoms with Gasteiger partial charge in [0.1, 0.15) is 11.9 Å². The molecule has 1 aliphatic carbocycles. The van der Waals surface area contributed by atoms with Gasteiger partial charge < -0.3 is 20.4 Å². The average molecular weight is 560 g/mol. The fourth-order valence-electron chi connectivity index (χ4n) is 4.83. The zero-order chi connectivity index (χ0) is 28.2. The maximum atomic E-state index is 13.4. The lowest BCUT2D eigenvalue weighted by Gasteiger charge is -2.34. The number of nitrogens with one attached hydrogen (secondary N) is 2. The van der Waals surface area contributed by atoms with Crippen LogP contribution in [0.15, 0.2) is 53.4 Å². The van der Waals surface area contributed by atoms with Crippen LogP contribution >= 0.6 is 0 Å². The van der Waals surface area contributed by atoms with Crippen molar-refractivity contribution in [3.63, 3.8) is 0 Å². The lowest BCUT2D eigenvalue weighted by atomic mass is 10.1. The molecule has 1 saturated heterocycles. The molecule has 2 amide bonds. The Morgan fingerprint density at radius 2 is 1.67 bits per heavy atom. The number of amides is 2. The second kappa shape index (κ2) is 12.5. The molecule has 212 valence electrons. The number of sulfonamides is 1. The Kier molecular flexibility index (Phi) is 9.37. The molecule has 0 radical (unpaired) electrons. The highest BCUT2D eigenvalue weighted by Crippen LogP contribution is 2.40. The summed E-state index contributed by atoms with van der Waals surface area (Å²) in [5.41, 5.74) is 1.41. The van der Waals surface area contributed by atoms with Crippen LogP contribution in [0.25, 0.3) is 0 Å². The van der Waals surface area contributed by atoms with Crippen molar-refractivity contribution in [3.05, 3.63) is 65.5 Å². The minimum atomic E-state index is -3.60. The molecule has 3 atom stereocenters. The molecule has 2 N–H and O–H groups in total. The van der Waals surface area contributed by atoms with Crippen molar-refractivity contribution in [1.29, 1.82) is 0 Å². The first-order valence-electron chi connectivity index (χ1n) is 13.4. The second-order valence-electron chi connectivity index (χ2n) is 10.6. The topological polar surface area (TPSA) is 102 Å². The van der Waals surface area contributed by atoms with E-state index in [0.29, 0.717) is 50.0 Å². The summed E-state index contributed by atoms with van der Waals surface area (Å²) < 4.78 is 39.0. The molecule has 0 spiro atoms. The second-order valence-corrected chi connectivity index (χ2v) is 12.7. The average Bonchev–Trinajstić information content (AvgIpc) is 3.70. The van der Waals surface area contributed by atoms with Gasteiger partial charge in [-0.3, -0.25) is 9.59 Å². The third-order valence-corrected chi connectivity index (χ3v) is 9.31. The molecule has 9 nitrogen and oxygen atoms in total. The van der Waals surface area contributed by atoms with Crippen LogP contribution in [0.5, 0.6) is 0 Å². The smallest absolute Gasteiger partial charge is 0.251 e. The van der Waals surface area contributed by atoms with Gasteiger partial charge in [0.05, 0.1) is 4.90 Å². The summed E-state index contributed by atoms with van der Waals surface area (Å²) in [5, 5.41) is 6.41. The molecule has 1 heterocycles. The summed E-state index contributed by atoms with van der Waals surface area (Å²) in [4.78, 5) is 30.5. The van der Waals surface area contributed by atoms with E-state index in [-0.39, 0.29) is 16.6 Å². The molecule has 2 fully saturated rings. The quantitative estimate of drug-likeness (QED) is 0.408. The zero-order valence-electron chi connectivity index (χ0n) is 22.8. The highest BCUT2D eigenvalue weighted by molar-refractivity contribution is 7.89. The van der Waals surface area contributed by atoms with Gasteiger partial charge in [0.15, 0.2) is 0 Å². The number of hydrogen-bond acceptors (Lipinski definition) is 6. The van der Waals surface area contributed by atoms with Gasteiger partial charge in [-0.2, -0.15) is 0 Å². The van der Waals surface area contributed by atoms with Crippen molar-refractivity contribution in [2.45, 2.75) is 42.2 Å². The number of halogens is 1. The minimum Gasteiger partial charge on any atom is -0.340 e. The molecule has 2 aromatic carbocycles. The first-order valence-corrected chi connectivity index (χ1v) is 14.8. The summed E-state index contributed by atoms with van der Waals surface area (Å²) in [6.45, 7) is 3.48. The highest BCUT2D eigenvalue weighted by atomic mass is 32.2. The number of likely N-dealkylation sites (N-methyl/N-ethyl adjacent to an activating group) is 1. The van der Waals surface area contributed by atoms with Crippen LogP contribution in [0.2, 0.25) is 0 Å². The number of nitrogens with zero attached hydrogens (tertiary/aromatic N) is 3. The van der Waals surface area contributed by atoms with E-state index in [0.717, 1.165) is 29.4 Å². The Morgan fingerprint density at radius 1 is 1.03 bits per heavy atom. The largest absolute Gasteiger partial charge is 0.340 e. The van der Waals surface area contributed by atoms with E-state index in [1.165, 1.54) is 50.5 Å². The number of benzene rings is 2. The molecule has 0 bridgehead atoms. The normalized spacial score (nSPS) is 20.6. The van der Waals surface area contributed by atoms with E-state index < -0.39 is 22.0 Å². The zero-order valence-corrected chi connectivity index (χ0v) is 23.6. The molecule has 0 aromatic heterocycles. The fourth-order valence-corrected chi connectivity index (χ4v) is 5.73. The minimum absolute atomic E-state index is 0.0965. The van der Waals surface area contributed by atoms with E-state index >= 15 is 0 Å². The highest BCUT2D eigenvalue weighted by Gasteiger charge is 2.37. The van der Waals surface area contributed by atoms with Gasteiger partial charge in [-0.1, -0.05) is 12.1 Å². The van der Waals surface area contributed by atoms with E-state index in [2.05, 4.69) is 15.5 Å². The lowest BCUT2D eigenvalue weighted by Crippen LogP contribution is -2.54. The van der Waals surface area contributed by atoms with Gasteiger partial charge in [0.25, 0.3) is 5.91 Å². The van der Waals surface area contributed by atoms with Gasteiger partial charge in [-0.05, 0) is 74.8 Å². The summed E-state index contributed by atoms with van der Waals surface area (Å²) in [6.07, 6.45) is 2.16. The van der Waals surface area contributed by atoms with E-state index in [9.17, 15) is 22.4 Å². The van der Waals surface area contributed by atoms with Crippen LogP contribution in [0.4, 0.5) is 4.39 Å². The third kappa shape index (κ3) is 7.42. The Morgan fingerprint density at radius 3 is 2.28 bits per heavy atom. The van der Waals surface area contributed by atoms with E-state index in [4.69, 9.17) is 0 Å². The number of carbonyl (C=O) groups is 2. The van der Waals surface area contributed by atoms with Crippen molar-refractivity contribution < 1.29 is 22.4 Å². The van der Waals surface area contributed by atoms with E-state index in [1.807, 2.05) is 19.2 Å². The first kappa shape index (κ1) is 29.1. The molecule has 1 saturated carbocycles. The SMILES string of the molecule is CN1CCN(C(=O)[C@H](CCCN[C@@H]2C[C@H]2c2ccc(F)cc2)NC(=O)c2ccc(S(=O)(=O)N(C)C)cc2)CC1. The van der Waals surface area contributed by atoms with Crippen molar-refractivity contribution in [2.75, 3.05) is 53.9 Å². The predicted molar refractivity (Wildman–Crippen MR) is 147 cm³/mol. The van der Waals surface area contributed by atoms with Gasteiger partial charge in [0, 0.05) is 57.8 Å². The van der Waals surface area contributed by atoms with Gasteiger partial charge >= 0.3 is 0 Å². The van der Waals surface area contributed by atoms with Crippen LogP contribution in [-0.2, 0) is 14.8 Å². The summed E-state index contributed by atoms with van der Waals surface area (Å²) in [6, 6.07) is 12.0. The van der Waals surface area contributed by atoms with Gasteiger partial charge in [-0.25, -0.2) is 17.1 Å². The summed E-state index contributed by atoms with van der Waals surface area (Å²) in [7, 11) is 1.32. The maximum Gasteiger partial charge on any atom is 0.251 e. The molecular formula is C28H38FN5O4S. The van der Waals surface area contributed by atoms with Crippen LogP contribution in [-0.4, -0.2) is 100 Å². The maximum absolute atomic E-state index is 13.4. The molecule has 0 unspecified atom stereocenters. The molecule has 1 aliphatic heterocycles. The molecule has 39 heavy (non-hydrogen) atoms. The van der Waals surface area contributed by atoms with Crippen molar-refractivity contribution in [3.8, 4) is 0 Å². The third-order valence-electron chi connectivity index (χ3n) is 7.48. The van der Waals surface area contributed by atoms with Gasteiger partial charge in [0.2, 0.25) is 15.9 Å². The molecule has 11 heteroatoms. The Labute approximate surface area is 230 Å². The summed E-state index contributed by atoms with van der Waals surface area (Å²) in [5.74, 6) is -0.384. The van der Waals surface area contributed by atoms with E-state index in [1.54, 1.807) is 4.90 Å². The fraction of sp³-hybridized carbons (Fsp3) is 0.500. The Hall–Kier alpha value is -2.86. The van der Waals surface area contributed by atoms with Gasteiger partial charge in [-0.15, -0.1) is 0 Å². The number of hydrogen-bond donors (Lipinski definition) is 2. The number of carbonyl (C=O) groups excluding carboxylic acids is 2. The first-order chi connectivity index (χ1) is 18.6. The van der Waals surface area contributed by atoms with Crippen molar-refractivity contribution in [1.82, 2.24) is 24.7 Å². The monoisotopic (exact) mass is 559 g/mol. The molecule has 2 aliphatic rings. The lowest BCUT2D eigenvalue weighted by molar-refractivity contribution is -0.135. The standard InChI is InChI=1S/C28H38FN5O4S/c1-32(2)39(37,38)23-12-8-21(9-13-23)27(35)31-25(28(36)34-17-15-33(3)16-18-34)5-4-14-30-26-19-24(26)20-6-10-22(29)11-7-20/h6-13,24-26,30H,4-5,14-19H2,1-3H3,(H,31,35)/t24-,25-,26+/m0/s1. The Bertz CT molecular complexity index is 1250. The van der Waals surface area contributed by atoms with Crippen LogP contribution in [0, 0.1) is 5.82 Å². The molecular weight excluding hydrogens is 521 g/mol. The summed E-state index contributed by atoms with van der Waals surface area (Å²) >= 11 is 0. The van der Waals surface area contributed by atoms with Crippen LogP contribution < -0.4 is 10.6 Å². The molecule has 2 aromatic rings. The van der Waals surface area contributed by atoms with Crippen LogP contribution in [0.1, 0.15) is 41.1 Å². The van der Waals surface area contributed by atoms with Crippen molar-refractivity contribution >= 4 is 21.8 Å². The number of rotatable bonds is 11. The van der Waals surface area contributed by atoms with Crippen molar-refractivity contribution in [2.24, 2.45) is 0 Å². The predicted octanol–water partition coefficient (Wildman–Crippen LogP) is 1.87. The molecule has 4 rings (SSSR count). The number of piperazine rings is 1. The van der Waals surface area contributed by atoms with Crippen LogP contribution in [0.3, 0.4) is 0 Å². The Balaban J connectivity index is 1.35.